The molecule has 0 spiro atoms. The third-order valence-electron chi connectivity index (χ3n) is 5.26. The lowest BCUT2D eigenvalue weighted by Crippen LogP contribution is -2.43. The van der Waals surface area contributed by atoms with Crippen LogP contribution in [0.3, 0.4) is 0 Å². The highest BCUT2D eigenvalue weighted by atomic mass is 16.2. The topological polar surface area (TPSA) is 32.3 Å². The molecule has 0 aromatic carbocycles. The first-order valence-electron chi connectivity index (χ1n) is 8.05. The molecule has 1 amide bonds. The molecule has 1 aliphatic heterocycles. The smallest absolute Gasteiger partial charge is 0.243 e. The van der Waals surface area contributed by atoms with Crippen molar-refractivity contribution in [2.24, 2.45) is 11.8 Å². The van der Waals surface area contributed by atoms with Gasteiger partial charge in [-0.2, -0.15) is 0 Å². The van der Waals surface area contributed by atoms with Crippen LogP contribution in [0, 0.1) is 11.8 Å². The van der Waals surface area contributed by atoms with Crippen LogP contribution >= 0.6 is 0 Å². The molecule has 1 saturated carbocycles. The van der Waals surface area contributed by atoms with Gasteiger partial charge in [0.2, 0.25) is 5.91 Å². The molecule has 2 aliphatic rings. The molecule has 0 radical (unpaired) electrons. The second kappa shape index (κ2) is 5.82. The van der Waals surface area contributed by atoms with Gasteiger partial charge in [-0.3, -0.25) is 10.1 Å². The van der Waals surface area contributed by atoms with Crippen molar-refractivity contribution < 1.29 is 4.79 Å². The highest BCUT2D eigenvalue weighted by molar-refractivity contribution is 5.88. The maximum absolute atomic E-state index is 12.5. The van der Waals surface area contributed by atoms with Crippen LogP contribution in [0.2, 0.25) is 0 Å². The van der Waals surface area contributed by atoms with Gasteiger partial charge in [-0.15, -0.1) is 0 Å². The van der Waals surface area contributed by atoms with Gasteiger partial charge in [-0.05, 0) is 44.9 Å². The summed E-state index contributed by atoms with van der Waals surface area (Å²) in [7, 11) is 0. The zero-order chi connectivity index (χ0) is 14.0. The summed E-state index contributed by atoms with van der Waals surface area (Å²) in [4.78, 5) is 14.5. The Morgan fingerprint density at radius 2 is 2.11 bits per heavy atom. The Bertz CT molecular complexity index is 331. The average Bonchev–Trinajstić information content (AvgIpc) is 2.59. The zero-order valence-electron chi connectivity index (χ0n) is 13.0. The summed E-state index contributed by atoms with van der Waals surface area (Å²) in [6.07, 6.45) is 7.73. The van der Waals surface area contributed by atoms with Crippen molar-refractivity contribution in [2.45, 2.75) is 77.9 Å². The maximum Gasteiger partial charge on any atom is 0.243 e. The third kappa shape index (κ3) is 3.13. The van der Waals surface area contributed by atoms with Gasteiger partial charge in [0.05, 0.1) is 11.7 Å². The Morgan fingerprint density at radius 3 is 2.68 bits per heavy atom. The van der Waals surface area contributed by atoms with E-state index in [0.717, 1.165) is 24.8 Å². The minimum absolute atomic E-state index is 0.193. The quantitative estimate of drug-likeness (QED) is 0.848. The summed E-state index contributed by atoms with van der Waals surface area (Å²) < 4.78 is 0. The summed E-state index contributed by atoms with van der Waals surface area (Å²) in [5.41, 5.74) is -0.334. The first-order chi connectivity index (χ1) is 8.96. The fourth-order valence-electron chi connectivity index (χ4n) is 3.79. The minimum Gasteiger partial charge on any atom is -0.326 e. The Morgan fingerprint density at radius 1 is 1.37 bits per heavy atom. The van der Waals surface area contributed by atoms with Crippen LogP contribution in [0.5, 0.6) is 0 Å². The molecule has 1 N–H and O–H groups in total. The molecular weight excluding hydrogens is 236 g/mol. The van der Waals surface area contributed by atoms with Crippen LogP contribution in [0.4, 0.5) is 0 Å². The van der Waals surface area contributed by atoms with Crippen LogP contribution < -0.4 is 5.32 Å². The number of nitrogens with one attached hydrogen (secondary N) is 1. The Kier molecular flexibility index (Phi) is 4.54. The van der Waals surface area contributed by atoms with E-state index in [1.165, 1.54) is 32.1 Å². The monoisotopic (exact) mass is 266 g/mol. The van der Waals surface area contributed by atoms with Crippen molar-refractivity contribution in [3.63, 3.8) is 0 Å². The lowest BCUT2D eigenvalue weighted by molar-refractivity contribution is -0.133. The number of rotatable bonds is 4. The summed E-state index contributed by atoms with van der Waals surface area (Å²) in [5, 5.41) is 3.45. The molecule has 1 heterocycles. The molecule has 0 aromatic rings. The van der Waals surface area contributed by atoms with E-state index in [1.54, 1.807) is 0 Å². The Balaban J connectivity index is 1.87. The molecule has 2 rings (SSSR count). The van der Waals surface area contributed by atoms with Gasteiger partial charge in [0.25, 0.3) is 0 Å². The number of hydrogen-bond donors (Lipinski definition) is 1. The summed E-state index contributed by atoms with van der Waals surface area (Å²) in [6.45, 7) is 9.53. The summed E-state index contributed by atoms with van der Waals surface area (Å²) in [6, 6.07) is 0. The average molecular weight is 266 g/mol. The normalized spacial score (nSPS) is 39.9. The summed E-state index contributed by atoms with van der Waals surface area (Å²) in [5.74, 6) is 2.01. The van der Waals surface area contributed by atoms with E-state index in [1.807, 2.05) is 6.92 Å². The maximum atomic E-state index is 12.5. The molecule has 3 heteroatoms. The number of amides is 1. The van der Waals surface area contributed by atoms with Gasteiger partial charge in [-0.25, -0.2) is 0 Å². The van der Waals surface area contributed by atoms with E-state index in [-0.39, 0.29) is 11.7 Å². The molecule has 2 fully saturated rings. The molecule has 1 saturated heterocycles. The molecule has 0 aromatic heterocycles. The van der Waals surface area contributed by atoms with Gasteiger partial charge >= 0.3 is 0 Å². The minimum atomic E-state index is -0.334. The van der Waals surface area contributed by atoms with Crippen LogP contribution in [0.1, 0.15) is 66.2 Å². The van der Waals surface area contributed by atoms with Gasteiger partial charge in [-0.1, -0.05) is 33.1 Å². The third-order valence-corrected chi connectivity index (χ3v) is 5.26. The number of hydrogen-bond acceptors (Lipinski definition) is 2. The van der Waals surface area contributed by atoms with E-state index in [4.69, 9.17) is 0 Å². The molecule has 3 nitrogen and oxygen atoms in total. The molecule has 4 unspecified atom stereocenters. The first kappa shape index (κ1) is 14.8. The van der Waals surface area contributed by atoms with Gasteiger partial charge < -0.3 is 4.90 Å². The van der Waals surface area contributed by atoms with E-state index < -0.39 is 0 Å². The molecule has 4 atom stereocenters. The fraction of sp³-hybridized carbons (Fsp3) is 0.938. The van der Waals surface area contributed by atoms with E-state index >= 15 is 0 Å². The second-order valence-electron chi connectivity index (χ2n) is 6.93. The molecule has 19 heavy (non-hydrogen) atoms. The van der Waals surface area contributed by atoms with Gasteiger partial charge in [0, 0.05) is 6.54 Å². The summed E-state index contributed by atoms with van der Waals surface area (Å²) >= 11 is 0. The molecule has 0 bridgehead atoms. The Hall–Kier alpha value is -0.570. The number of carbonyl (C=O) groups is 1. The second-order valence-corrected chi connectivity index (χ2v) is 6.93. The van der Waals surface area contributed by atoms with Crippen LogP contribution in [0.25, 0.3) is 0 Å². The molecule has 1 aliphatic carbocycles. The molecule has 110 valence electrons. The first-order valence-corrected chi connectivity index (χ1v) is 8.05. The van der Waals surface area contributed by atoms with Crippen LogP contribution in [-0.2, 0) is 4.79 Å². The predicted molar refractivity (Wildman–Crippen MR) is 78.7 cm³/mol. The van der Waals surface area contributed by atoms with Crippen LogP contribution in [0.15, 0.2) is 0 Å². The van der Waals surface area contributed by atoms with Gasteiger partial charge in [0.15, 0.2) is 0 Å². The molecular formula is C16H30N2O. The predicted octanol–water partition coefficient (Wildman–Crippen LogP) is 3.15. The van der Waals surface area contributed by atoms with Crippen molar-refractivity contribution in [1.82, 2.24) is 10.2 Å². The number of nitrogens with zero attached hydrogens (tertiary/aromatic N) is 1. The van der Waals surface area contributed by atoms with E-state index in [9.17, 15) is 4.79 Å². The van der Waals surface area contributed by atoms with E-state index in [2.05, 4.69) is 31.0 Å². The lowest BCUT2D eigenvalue weighted by atomic mass is 9.81. The van der Waals surface area contributed by atoms with Crippen molar-refractivity contribution in [3.8, 4) is 0 Å². The zero-order valence-corrected chi connectivity index (χ0v) is 13.0. The standard InChI is InChI=1S/C16H30N2O/c1-5-16(4)15(19)18(13(3)17-16)10-9-14-8-6-7-12(2)11-14/h12-14,17H,5-11H2,1-4H3. The van der Waals surface area contributed by atoms with E-state index in [0.29, 0.717) is 5.91 Å². The van der Waals surface area contributed by atoms with Crippen LogP contribution in [-0.4, -0.2) is 29.1 Å². The largest absolute Gasteiger partial charge is 0.326 e. The van der Waals surface area contributed by atoms with Crippen molar-refractivity contribution in [1.29, 1.82) is 0 Å². The fourth-order valence-corrected chi connectivity index (χ4v) is 3.79. The lowest BCUT2D eigenvalue weighted by Gasteiger charge is -2.29. The van der Waals surface area contributed by atoms with Crippen molar-refractivity contribution in [2.75, 3.05) is 6.54 Å². The Labute approximate surface area is 118 Å². The van der Waals surface area contributed by atoms with Crippen molar-refractivity contribution >= 4 is 5.91 Å². The SMILES string of the molecule is CCC1(C)NC(C)N(CCC2CCCC(C)C2)C1=O. The highest BCUT2D eigenvalue weighted by Gasteiger charge is 2.44. The van der Waals surface area contributed by atoms with Gasteiger partial charge in [0.1, 0.15) is 0 Å². The van der Waals surface area contributed by atoms with Crippen molar-refractivity contribution in [3.05, 3.63) is 0 Å². The number of carbonyl (C=O) groups excluding carboxylic acids is 1. The highest BCUT2D eigenvalue weighted by Crippen LogP contribution is 2.32.